The van der Waals surface area contributed by atoms with Crippen molar-refractivity contribution in [2.24, 2.45) is 5.92 Å². The van der Waals surface area contributed by atoms with Gasteiger partial charge in [0.15, 0.2) is 0 Å². The number of carbonyl (C=O) groups excluding carboxylic acids is 3. The number of hydrogen-bond donors (Lipinski definition) is 4. The van der Waals surface area contributed by atoms with Gasteiger partial charge in [-0.2, -0.15) is 0 Å². The van der Waals surface area contributed by atoms with Crippen LogP contribution in [0.2, 0.25) is 0 Å². The van der Waals surface area contributed by atoms with Gasteiger partial charge in [0.1, 0.15) is 12.3 Å². The minimum Gasteiger partial charge on any atom is -0.361 e. The molecular formula is C30H34N4O3. The Kier molecular flexibility index (Phi) is 8.56. The second-order valence-corrected chi connectivity index (χ2v) is 9.50. The maximum atomic E-state index is 13.5. The molecule has 0 unspecified atom stereocenters. The number of H-pyrrole nitrogens is 1. The summed E-state index contributed by atoms with van der Waals surface area (Å²) in [6, 6.07) is 20.1. The molecule has 3 aromatic carbocycles. The Morgan fingerprint density at radius 3 is 2.46 bits per heavy atom. The van der Waals surface area contributed by atoms with E-state index in [0.717, 1.165) is 33.5 Å². The molecule has 3 atom stereocenters. The van der Waals surface area contributed by atoms with Crippen LogP contribution in [0.4, 0.5) is 10.5 Å². The Labute approximate surface area is 217 Å². The second kappa shape index (κ2) is 12.2. The van der Waals surface area contributed by atoms with Crippen LogP contribution in [0.5, 0.6) is 0 Å². The van der Waals surface area contributed by atoms with Gasteiger partial charge < -0.3 is 25.7 Å². The van der Waals surface area contributed by atoms with E-state index in [2.05, 4.69) is 20.9 Å². The molecule has 4 N–H and O–H groups in total. The minimum atomic E-state index is -0.721. The van der Waals surface area contributed by atoms with E-state index in [4.69, 9.17) is 0 Å². The fourth-order valence-corrected chi connectivity index (χ4v) is 4.69. The van der Waals surface area contributed by atoms with Crippen molar-refractivity contribution in [1.82, 2.24) is 15.6 Å². The summed E-state index contributed by atoms with van der Waals surface area (Å²) in [5.74, 6) is -0.337. The lowest BCUT2D eigenvalue weighted by Gasteiger charge is -2.27. The molecule has 1 aromatic heterocycles. The Morgan fingerprint density at radius 2 is 1.68 bits per heavy atom. The van der Waals surface area contributed by atoms with Crippen LogP contribution >= 0.6 is 0 Å². The number of aldehydes is 1. The zero-order valence-electron chi connectivity index (χ0n) is 21.3. The smallest absolute Gasteiger partial charge is 0.319 e. The molecule has 1 heterocycles. The Hall–Kier alpha value is -4.13. The number of anilines is 1. The van der Waals surface area contributed by atoms with Crippen molar-refractivity contribution in [2.45, 2.75) is 51.6 Å². The molecule has 0 spiro atoms. The molecule has 0 saturated carbocycles. The number of carbonyl (C=O) groups is 3. The minimum absolute atomic E-state index is 0.0851. The summed E-state index contributed by atoms with van der Waals surface area (Å²) in [5, 5.41) is 12.0. The normalized spacial score (nSPS) is 13.6. The molecule has 3 amide bonds. The van der Waals surface area contributed by atoms with Gasteiger partial charge in [0.05, 0.1) is 5.69 Å². The van der Waals surface area contributed by atoms with Crippen molar-refractivity contribution in [3.05, 3.63) is 78.5 Å². The van der Waals surface area contributed by atoms with Crippen LogP contribution in [0.1, 0.15) is 38.7 Å². The molecule has 0 aliphatic rings. The number of hydrogen-bond acceptors (Lipinski definition) is 3. The number of urea groups is 1. The van der Waals surface area contributed by atoms with Gasteiger partial charge in [0, 0.05) is 34.9 Å². The topological polar surface area (TPSA) is 103 Å². The second-order valence-electron chi connectivity index (χ2n) is 9.50. The summed E-state index contributed by atoms with van der Waals surface area (Å²) in [7, 11) is 0. The molecule has 0 bridgehead atoms. The summed E-state index contributed by atoms with van der Waals surface area (Å²) in [4.78, 5) is 40.9. The van der Waals surface area contributed by atoms with Crippen LogP contribution in [0.3, 0.4) is 0 Å². The first-order valence-electron chi connectivity index (χ1n) is 12.8. The van der Waals surface area contributed by atoms with E-state index in [1.165, 1.54) is 0 Å². The molecule has 0 fully saturated rings. The number of para-hydroxylation sites is 1. The van der Waals surface area contributed by atoms with Crippen LogP contribution in [-0.4, -0.2) is 35.3 Å². The standard InChI is InChI=1S/C30H34N4O3/c1-3-20(2)28(34-30(37)33-27-16-8-11-21-10-4-5-13-24(21)27)29(36)32-23(12-9-17-35)18-22-19-31-26-15-7-6-14-25(22)26/h4-8,10-11,13-17,19-20,23,28,31H,3,9,12,18H2,1-2H3,(H,32,36)(H2,33,34,37)/t20-,23+,28-/m0/s1. The van der Waals surface area contributed by atoms with Gasteiger partial charge in [0.2, 0.25) is 5.91 Å². The molecule has 0 saturated heterocycles. The summed E-state index contributed by atoms with van der Waals surface area (Å²) in [6.07, 6.45) is 4.98. The predicted octanol–water partition coefficient (Wildman–Crippen LogP) is 5.56. The molecule has 7 heteroatoms. The van der Waals surface area contributed by atoms with Crippen LogP contribution in [0, 0.1) is 5.92 Å². The van der Waals surface area contributed by atoms with Gasteiger partial charge >= 0.3 is 6.03 Å². The van der Waals surface area contributed by atoms with Crippen molar-refractivity contribution >= 4 is 45.6 Å². The molecule has 37 heavy (non-hydrogen) atoms. The lowest BCUT2D eigenvalue weighted by molar-refractivity contribution is -0.125. The number of aromatic nitrogens is 1. The molecular weight excluding hydrogens is 464 g/mol. The zero-order valence-corrected chi connectivity index (χ0v) is 21.3. The third-order valence-corrected chi connectivity index (χ3v) is 6.94. The average molecular weight is 499 g/mol. The van der Waals surface area contributed by atoms with Crippen LogP contribution < -0.4 is 16.0 Å². The number of amides is 3. The quantitative estimate of drug-likeness (QED) is 0.203. The highest BCUT2D eigenvalue weighted by Gasteiger charge is 2.28. The lowest BCUT2D eigenvalue weighted by atomic mass is 9.96. The van der Waals surface area contributed by atoms with Crippen molar-refractivity contribution < 1.29 is 14.4 Å². The van der Waals surface area contributed by atoms with E-state index < -0.39 is 12.1 Å². The number of benzene rings is 3. The van der Waals surface area contributed by atoms with E-state index in [9.17, 15) is 14.4 Å². The lowest BCUT2D eigenvalue weighted by Crippen LogP contribution is -2.53. The number of aromatic amines is 1. The van der Waals surface area contributed by atoms with Crippen molar-refractivity contribution in [1.29, 1.82) is 0 Å². The summed E-state index contributed by atoms with van der Waals surface area (Å²) >= 11 is 0. The molecule has 0 radical (unpaired) electrons. The van der Waals surface area contributed by atoms with E-state index in [0.29, 0.717) is 31.4 Å². The third-order valence-electron chi connectivity index (χ3n) is 6.94. The summed E-state index contributed by atoms with van der Waals surface area (Å²) in [6.45, 7) is 3.94. The SMILES string of the molecule is CC[C@H](C)[C@H](NC(=O)Nc1cccc2ccccc12)C(=O)N[C@H](CCC=O)Cc1c[nH]c2ccccc12. The average Bonchev–Trinajstić information content (AvgIpc) is 3.32. The number of rotatable bonds is 11. The number of fused-ring (bicyclic) bond motifs is 2. The fraction of sp³-hybridized carbons (Fsp3) is 0.300. The Bertz CT molecular complexity index is 1370. The highest BCUT2D eigenvalue weighted by molar-refractivity contribution is 6.02. The predicted molar refractivity (Wildman–Crippen MR) is 149 cm³/mol. The first kappa shape index (κ1) is 25.9. The maximum absolute atomic E-state index is 13.5. The van der Waals surface area contributed by atoms with Gasteiger partial charge in [0.25, 0.3) is 0 Å². The van der Waals surface area contributed by atoms with Crippen LogP contribution in [0.15, 0.2) is 72.9 Å². The Balaban J connectivity index is 1.48. The van der Waals surface area contributed by atoms with Crippen molar-refractivity contribution in [3.8, 4) is 0 Å². The van der Waals surface area contributed by atoms with Gasteiger partial charge in [-0.1, -0.05) is 74.9 Å². The van der Waals surface area contributed by atoms with Crippen molar-refractivity contribution in [3.63, 3.8) is 0 Å². The first-order valence-corrected chi connectivity index (χ1v) is 12.8. The molecule has 4 rings (SSSR count). The van der Waals surface area contributed by atoms with Crippen LogP contribution in [0.25, 0.3) is 21.7 Å². The molecule has 7 nitrogen and oxygen atoms in total. The highest BCUT2D eigenvalue weighted by Crippen LogP contribution is 2.23. The van der Waals surface area contributed by atoms with Gasteiger partial charge in [-0.25, -0.2) is 4.79 Å². The van der Waals surface area contributed by atoms with E-state index in [-0.39, 0.29) is 17.9 Å². The van der Waals surface area contributed by atoms with Crippen LogP contribution in [-0.2, 0) is 16.0 Å². The third kappa shape index (κ3) is 6.36. The zero-order chi connectivity index (χ0) is 26.2. The monoisotopic (exact) mass is 498 g/mol. The van der Waals surface area contributed by atoms with Gasteiger partial charge in [-0.15, -0.1) is 0 Å². The molecule has 0 aliphatic carbocycles. The molecule has 0 aliphatic heterocycles. The molecule has 4 aromatic rings. The van der Waals surface area contributed by atoms with E-state index in [1.807, 2.05) is 86.8 Å². The molecule has 192 valence electrons. The maximum Gasteiger partial charge on any atom is 0.319 e. The van der Waals surface area contributed by atoms with E-state index in [1.54, 1.807) is 0 Å². The first-order chi connectivity index (χ1) is 18.0. The van der Waals surface area contributed by atoms with Gasteiger partial charge in [-0.3, -0.25) is 4.79 Å². The van der Waals surface area contributed by atoms with Crippen molar-refractivity contribution in [2.75, 3.05) is 5.32 Å². The number of nitrogens with one attached hydrogen (secondary N) is 4. The Morgan fingerprint density at radius 1 is 0.946 bits per heavy atom. The summed E-state index contributed by atoms with van der Waals surface area (Å²) in [5.41, 5.74) is 2.79. The summed E-state index contributed by atoms with van der Waals surface area (Å²) < 4.78 is 0. The van der Waals surface area contributed by atoms with E-state index >= 15 is 0 Å². The fourth-order valence-electron chi connectivity index (χ4n) is 4.69. The largest absolute Gasteiger partial charge is 0.361 e. The van der Waals surface area contributed by atoms with Gasteiger partial charge in [-0.05, 0) is 41.8 Å². The highest BCUT2D eigenvalue weighted by atomic mass is 16.2.